The zero-order valence-corrected chi connectivity index (χ0v) is 9.73. The number of hydrogen-bond donors (Lipinski definition) is 1. The van der Waals surface area contributed by atoms with E-state index in [-0.39, 0.29) is 18.8 Å². The Morgan fingerprint density at radius 3 is 2.59 bits per heavy atom. The molecule has 0 atom stereocenters. The smallest absolute Gasteiger partial charge is 0.339 e. The molecule has 0 aliphatic rings. The van der Waals surface area contributed by atoms with Crippen molar-refractivity contribution in [2.45, 2.75) is 13.8 Å². The number of aromatic carboxylic acids is 1. The minimum Gasteiger partial charge on any atom is -0.489 e. The number of rotatable bonds is 5. The van der Waals surface area contributed by atoms with Gasteiger partial charge in [0.1, 0.15) is 24.5 Å². The molecule has 1 rings (SSSR count). The second-order valence-electron chi connectivity index (χ2n) is 3.45. The summed E-state index contributed by atoms with van der Waals surface area (Å²) in [5.41, 5.74) is 0.834. The lowest BCUT2D eigenvalue weighted by Crippen LogP contribution is -2.12. The molecular formula is C12H14O5. The van der Waals surface area contributed by atoms with Crippen molar-refractivity contribution in [3.63, 3.8) is 0 Å². The molecule has 1 aromatic carbocycles. The summed E-state index contributed by atoms with van der Waals surface area (Å²) < 4.78 is 10.0. The third-order valence-electron chi connectivity index (χ3n) is 2.08. The molecule has 0 aromatic heterocycles. The molecule has 5 nitrogen and oxygen atoms in total. The van der Waals surface area contributed by atoms with E-state index in [4.69, 9.17) is 14.6 Å². The van der Waals surface area contributed by atoms with Gasteiger partial charge < -0.3 is 14.6 Å². The molecule has 92 valence electrons. The van der Waals surface area contributed by atoms with Crippen LogP contribution in [0.3, 0.4) is 0 Å². The van der Waals surface area contributed by atoms with Crippen LogP contribution in [-0.2, 0) is 9.53 Å². The summed E-state index contributed by atoms with van der Waals surface area (Å²) in [6, 6.07) is 4.88. The Balaban J connectivity index is 2.69. The third-order valence-corrected chi connectivity index (χ3v) is 2.08. The Morgan fingerprint density at radius 2 is 2.00 bits per heavy atom. The molecule has 1 aromatic rings. The van der Waals surface area contributed by atoms with Crippen LogP contribution in [0.15, 0.2) is 18.2 Å². The number of carbonyl (C=O) groups is 2. The number of carbonyl (C=O) groups excluding carboxylic acids is 1. The molecule has 0 fully saturated rings. The van der Waals surface area contributed by atoms with E-state index in [0.717, 1.165) is 5.56 Å². The maximum atomic E-state index is 10.9. The zero-order valence-electron chi connectivity index (χ0n) is 9.73. The normalized spacial score (nSPS) is 9.76. The highest BCUT2D eigenvalue weighted by molar-refractivity contribution is 5.91. The van der Waals surface area contributed by atoms with Gasteiger partial charge in [0, 0.05) is 6.92 Å². The first-order chi connectivity index (χ1) is 8.02. The van der Waals surface area contributed by atoms with Gasteiger partial charge in [0.2, 0.25) is 0 Å². The van der Waals surface area contributed by atoms with E-state index in [9.17, 15) is 9.59 Å². The van der Waals surface area contributed by atoms with Gasteiger partial charge in [-0.25, -0.2) is 4.79 Å². The SMILES string of the molecule is CC(=O)OCCOc1c(C)cccc1C(=O)O. The van der Waals surface area contributed by atoms with Gasteiger partial charge in [-0.05, 0) is 18.6 Å². The van der Waals surface area contributed by atoms with Gasteiger partial charge in [-0.1, -0.05) is 12.1 Å². The van der Waals surface area contributed by atoms with E-state index in [1.807, 2.05) is 0 Å². The quantitative estimate of drug-likeness (QED) is 0.623. The zero-order chi connectivity index (χ0) is 12.8. The van der Waals surface area contributed by atoms with Gasteiger partial charge >= 0.3 is 11.9 Å². The number of hydrogen-bond acceptors (Lipinski definition) is 4. The van der Waals surface area contributed by atoms with Crippen molar-refractivity contribution in [1.29, 1.82) is 0 Å². The molecule has 17 heavy (non-hydrogen) atoms. The number of esters is 1. The highest BCUT2D eigenvalue weighted by Gasteiger charge is 2.13. The number of ether oxygens (including phenoxy) is 2. The van der Waals surface area contributed by atoms with E-state index >= 15 is 0 Å². The maximum Gasteiger partial charge on any atom is 0.339 e. The first-order valence-electron chi connectivity index (χ1n) is 5.11. The van der Waals surface area contributed by atoms with E-state index in [1.165, 1.54) is 13.0 Å². The van der Waals surface area contributed by atoms with Crippen LogP contribution < -0.4 is 4.74 Å². The van der Waals surface area contributed by atoms with Crippen LogP contribution in [0.25, 0.3) is 0 Å². The average Bonchev–Trinajstić information content (AvgIpc) is 2.25. The second kappa shape index (κ2) is 5.89. The highest BCUT2D eigenvalue weighted by Crippen LogP contribution is 2.23. The highest BCUT2D eigenvalue weighted by atomic mass is 16.6. The van der Waals surface area contributed by atoms with E-state index in [0.29, 0.717) is 5.75 Å². The molecule has 0 aliphatic carbocycles. The lowest BCUT2D eigenvalue weighted by atomic mass is 10.1. The molecule has 0 unspecified atom stereocenters. The Morgan fingerprint density at radius 1 is 1.29 bits per heavy atom. The molecule has 0 aliphatic heterocycles. The predicted octanol–water partition coefficient (Wildman–Crippen LogP) is 1.64. The second-order valence-corrected chi connectivity index (χ2v) is 3.45. The number of carboxylic acid groups (broad SMARTS) is 1. The van der Waals surface area contributed by atoms with Crippen LogP contribution in [0.4, 0.5) is 0 Å². The summed E-state index contributed by atoms with van der Waals surface area (Å²) in [5.74, 6) is -1.12. The van der Waals surface area contributed by atoms with Crippen LogP contribution in [-0.4, -0.2) is 30.3 Å². The van der Waals surface area contributed by atoms with Crippen molar-refractivity contribution < 1.29 is 24.2 Å². The molecule has 0 heterocycles. The van der Waals surface area contributed by atoms with Crippen molar-refractivity contribution in [3.8, 4) is 5.75 Å². The van der Waals surface area contributed by atoms with Crippen molar-refractivity contribution in [3.05, 3.63) is 29.3 Å². The fourth-order valence-electron chi connectivity index (χ4n) is 1.34. The van der Waals surface area contributed by atoms with Gasteiger partial charge in [0.15, 0.2) is 0 Å². The van der Waals surface area contributed by atoms with Crippen LogP contribution in [0, 0.1) is 6.92 Å². The van der Waals surface area contributed by atoms with Gasteiger partial charge in [-0.15, -0.1) is 0 Å². The van der Waals surface area contributed by atoms with Crippen molar-refractivity contribution in [2.75, 3.05) is 13.2 Å². The maximum absolute atomic E-state index is 10.9. The summed E-state index contributed by atoms with van der Waals surface area (Å²) >= 11 is 0. The number of carboxylic acids is 1. The summed E-state index contributed by atoms with van der Waals surface area (Å²) in [7, 11) is 0. The lowest BCUT2D eigenvalue weighted by Gasteiger charge is -2.11. The van der Waals surface area contributed by atoms with Crippen LogP contribution >= 0.6 is 0 Å². The summed E-state index contributed by atoms with van der Waals surface area (Å²) in [6.45, 7) is 3.29. The summed E-state index contributed by atoms with van der Waals surface area (Å²) in [6.07, 6.45) is 0. The Hall–Kier alpha value is -2.04. The van der Waals surface area contributed by atoms with Gasteiger partial charge in [0.05, 0.1) is 0 Å². The van der Waals surface area contributed by atoms with Crippen molar-refractivity contribution >= 4 is 11.9 Å². The molecule has 0 amide bonds. The van der Waals surface area contributed by atoms with E-state index < -0.39 is 11.9 Å². The molecule has 1 N–H and O–H groups in total. The number of aryl methyl sites for hydroxylation is 1. The molecule has 0 saturated heterocycles. The third kappa shape index (κ3) is 3.79. The Bertz CT molecular complexity index is 425. The monoisotopic (exact) mass is 238 g/mol. The lowest BCUT2D eigenvalue weighted by molar-refractivity contribution is -0.141. The summed E-state index contributed by atoms with van der Waals surface area (Å²) in [5, 5.41) is 8.97. The topological polar surface area (TPSA) is 72.8 Å². The molecule has 0 saturated carbocycles. The Labute approximate surface area is 99.0 Å². The van der Waals surface area contributed by atoms with Crippen molar-refractivity contribution in [2.24, 2.45) is 0 Å². The van der Waals surface area contributed by atoms with Gasteiger partial charge in [-0.2, -0.15) is 0 Å². The molecule has 5 heteroatoms. The first-order valence-corrected chi connectivity index (χ1v) is 5.11. The number of benzene rings is 1. The predicted molar refractivity (Wildman–Crippen MR) is 60.3 cm³/mol. The standard InChI is InChI=1S/C12H14O5/c1-8-4-3-5-10(12(14)15)11(8)17-7-6-16-9(2)13/h3-5H,6-7H2,1-2H3,(H,14,15). The van der Waals surface area contributed by atoms with Crippen LogP contribution in [0.5, 0.6) is 5.75 Å². The molecule has 0 radical (unpaired) electrons. The molecule has 0 bridgehead atoms. The van der Waals surface area contributed by atoms with Crippen molar-refractivity contribution in [1.82, 2.24) is 0 Å². The average molecular weight is 238 g/mol. The van der Waals surface area contributed by atoms with Gasteiger partial charge in [-0.3, -0.25) is 4.79 Å². The van der Waals surface area contributed by atoms with Crippen LogP contribution in [0.1, 0.15) is 22.8 Å². The first kappa shape index (κ1) is 13.0. The minimum atomic E-state index is -1.05. The minimum absolute atomic E-state index is 0.0999. The van der Waals surface area contributed by atoms with Crippen LogP contribution in [0.2, 0.25) is 0 Å². The number of para-hydroxylation sites is 1. The molecular weight excluding hydrogens is 224 g/mol. The molecule has 0 spiro atoms. The van der Waals surface area contributed by atoms with E-state index in [2.05, 4.69) is 0 Å². The Kier molecular flexibility index (Phi) is 4.51. The van der Waals surface area contributed by atoms with E-state index in [1.54, 1.807) is 19.1 Å². The van der Waals surface area contributed by atoms with Gasteiger partial charge in [0.25, 0.3) is 0 Å². The largest absolute Gasteiger partial charge is 0.489 e. The fraction of sp³-hybridized carbons (Fsp3) is 0.333. The summed E-state index contributed by atoms with van der Waals surface area (Å²) in [4.78, 5) is 21.5. The fourth-order valence-corrected chi connectivity index (χ4v) is 1.34.